The molecular weight excluding hydrogens is 438 g/mol. The lowest BCUT2D eigenvalue weighted by Gasteiger charge is -2.17. The second kappa shape index (κ2) is 10.2. The van der Waals surface area contributed by atoms with Crippen LogP contribution in [-0.4, -0.2) is 25.0 Å². The average Bonchev–Trinajstić information content (AvgIpc) is 2.83. The molecule has 0 radical (unpaired) electrons. The van der Waals surface area contributed by atoms with Gasteiger partial charge in [0.2, 0.25) is 11.6 Å². The molecule has 0 aliphatic carbocycles. The summed E-state index contributed by atoms with van der Waals surface area (Å²) in [5.74, 6) is -8.26. The molecule has 0 amide bonds. The number of methoxy groups -OCH3 is 1. The summed E-state index contributed by atoms with van der Waals surface area (Å²) >= 11 is 0. The molecule has 33 heavy (non-hydrogen) atoms. The third kappa shape index (κ3) is 4.84. The molecule has 1 unspecified atom stereocenters. The van der Waals surface area contributed by atoms with Gasteiger partial charge in [-0.25, -0.2) is 13.8 Å². The van der Waals surface area contributed by atoms with E-state index in [2.05, 4.69) is 16.3 Å². The largest absolute Gasteiger partial charge is 0.507 e. The number of aromatic hydroxyl groups is 1. The van der Waals surface area contributed by atoms with Crippen LogP contribution in [0.25, 0.3) is 0 Å². The van der Waals surface area contributed by atoms with Gasteiger partial charge in [0.15, 0.2) is 17.4 Å². The van der Waals surface area contributed by atoms with Crippen LogP contribution in [-0.2, 0) is 0 Å². The summed E-state index contributed by atoms with van der Waals surface area (Å²) in [6, 6.07) is 12.3. The van der Waals surface area contributed by atoms with E-state index in [0.29, 0.717) is 11.3 Å². The normalized spacial score (nSPS) is 12.1. The lowest BCUT2D eigenvalue weighted by molar-refractivity contribution is 0.303. The first-order valence-electron chi connectivity index (χ1n) is 9.89. The van der Waals surface area contributed by atoms with E-state index in [4.69, 9.17) is 4.74 Å². The van der Waals surface area contributed by atoms with Crippen LogP contribution in [0.4, 0.5) is 23.2 Å². The maximum atomic E-state index is 14.4. The van der Waals surface area contributed by atoms with Gasteiger partial charge < -0.3 is 14.6 Å². The molecule has 172 valence electrons. The Bertz CT molecular complexity index is 1170. The Hall–Kier alpha value is -3.81. The number of nitrogens with zero attached hydrogens (tertiary/aromatic N) is 1. The zero-order valence-corrected chi connectivity index (χ0v) is 17.9. The summed E-state index contributed by atoms with van der Waals surface area (Å²) in [6.45, 7) is 4.81. The summed E-state index contributed by atoms with van der Waals surface area (Å²) < 4.78 is 67.2. The van der Waals surface area contributed by atoms with E-state index < -0.39 is 34.7 Å². The lowest BCUT2D eigenvalue weighted by atomic mass is 9.91. The number of halogens is 4. The fraction of sp³-hybridized carbons (Fsp3) is 0.160. The molecule has 3 rings (SSSR count). The molecule has 0 saturated carbocycles. The van der Waals surface area contributed by atoms with Crippen molar-refractivity contribution in [2.75, 3.05) is 13.7 Å². The molecule has 0 aliphatic rings. The number of hydrogen-bond acceptors (Lipinski definition) is 4. The quantitative estimate of drug-likeness (QED) is 0.183. The molecule has 1 N–H and O–H groups in total. The van der Waals surface area contributed by atoms with E-state index in [1.54, 1.807) is 6.07 Å². The fourth-order valence-electron chi connectivity index (χ4n) is 3.24. The Labute approximate surface area is 188 Å². The molecule has 4 nitrogen and oxygen atoms in total. The van der Waals surface area contributed by atoms with Crippen LogP contribution in [0.15, 0.2) is 60.1 Å². The standard InChI is InChI=1S/C25H21F4NO3/c1-4-10-33-25-21(28)19(26)23(20(27)22(25)29)30-13-16-11-17(32-3)12-18(24(16)31)14(2)15-8-6-5-7-9-15/h4-9,11-14,31H,1,10H2,2-3H3. The zero-order valence-electron chi connectivity index (χ0n) is 17.9. The van der Waals surface area contributed by atoms with Gasteiger partial charge in [0, 0.05) is 23.3 Å². The molecule has 0 aromatic heterocycles. The Morgan fingerprint density at radius 2 is 1.67 bits per heavy atom. The molecule has 0 fully saturated rings. The Balaban J connectivity index is 2.07. The number of rotatable bonds is 8. The molecule has 0 aliphatic heterocycles. The predicted molar refractivity (Wildman–Crippen MR) is 118 cm³/mol. The molecule has 3 aromatic carbocycles. The molecular formula is C25H21F4NO3. The number of phenolic OH excluding ortho intramolecular Hbond substituents is 1. The van der Waals surface area contributed by atoms with E-state index in [9.17, 15) is 22.7 Å². The minimum atomic E-state index is -1.73. The monoisotopic (exact) mass is 459 g/mol. The number of hydrogen-bond donors (Lipinski definition) is 1. The van der Waals surface area contributed by atoms with Crippen molar-refractivity contribution >= 4 is 11.9 Å². The molecule has 8 heteroatoms. The first-order chi connectivity index (χ1) is 15.8. The number of ether oxygens (including phenoxy) is 2. The lowest BCUT2D eigenvalue weighted by Crippen LogP contribution is -2.04. The van der Waals surface area contributed by atoms with Gasteiger partial charge in [0.1, 0.15) is 23.8 Å². The highest BCUT2D eigenvalue weighted by Gasteiger charge is 2.26. The molecule has 3 aromatic rings. The van der Waals surface area contributed by atoms with Crippen LogP contribution >= 0.6 is 0 Å². The molecule has 0 heterocycles. The molecule has 0 saturated heterocycles. The van der Waals surface area contributed by atoms with Crippen LogP contribution in [0.2, 0.25) is 0 Å². The van der Waals surface area contributed by atoms with Crippen molar-refractivity contribution in [1.82, 2.24) is 0 Å². The van der Waals surface area contributed by atoms with Crippen molar-refractivity contribution in [2.24, 2.45) is 4.99 Å². The van der Waals surface area contributed by atoms with Crippen LogP contribution in [0.5, 0.6) is 17.2 Å². The van der Waals surface area contributed by atoms with Crippen molar-refractivity contribution < 1.29 is 32.1 Å². The number of benzene rings is 3. The third-order valence-electron chi connectivity index (χ3n) is 5.02. The van der Waals surface area contributed by atoms with Gasteiger partial charge in [0.25, 0.3) is 0 Å². The fourth-order valence-corrected chi connectivity index (χ4v) is 3.24. The van der Waals surface area contributed by atoms with Gasteiger partial charge in [-0.05, 0) is 17.7 Å². The maximum Gasteiger partial charge on any atom is 0.206 e. The molecule has 0 bridgehead atoms. The topological polar surface area (TPSA) is 51.0 Å². The van der Waals surface area contributed by atoms with Crippen molar-refractivity contribution in [2.45, 2.75) is 12.8 Å². The highest BCUT2D eigenvalue weighted by atomic mass is 19.2. The first kappa shape index (κ1) is 23.8. The summed E-state index contributed by atoms with van der Waals surface area (Å²) in [4.78, 5) is 3.58. The maximum absolute atomic E-state index is 14.4. The Morgan fingerprint density at radius 1 is 1.03 bits per heavy atom. The van der Waals surface area contributed by atoms with E-state index in [1.165, 1.54) is 19.3 Å². The van der Waals surface area contributed by atoms with Crippen LogP contribution in [0.1, 0.15) is 29.5 Å². The van der Waals surface area contributed by atoms with Crippen molar-refractivity contribution in [3.8, 4) is 17.2 Å². The van der Waals surface area contributed by atoms with Gasteiger partial charge in [-0.3, -0.25) is 0 Å². The minimum absolute atomic E-state index is 0.0405. The van der Waals surface area contributed by atoms with E-state index in [-0.39, 0.29) is 23.8 Å². The highest BCUT2D eigenvalue weighted by Crippen LogP contribution is 2.38. The van der Waals surface area contributed by atoms with Gasteiger partial charge in [0.05, 0.1) is 7.11 Å². The summed E-state index contributed by atoms with van der Waals surface area (Å²) in [5, 5.41) is 10.8. The van der Waals surface area contributed by atoms with Crippen molar-refractivity contribution in [3.63, 3.8) is 0 Å². The number of phenols is 1. The highest BCUT2D eigenvalue weighted by molar-refractivity contribution is 5.87. The van der Waals surface area contributed by atoms with Gasteiger partial charge in [-0.1, -0.05) is 49.9 Å². The Kier molecular flexibility index (Phi) is 7.37. The second-order valence-electron chi connectivity index (χ2n) is 7.08. The average molecular weight is 459 g/mol. The van der Waals surface area contributed by atoms with Gasteiger partial charge in [-0.15, -0.1) is 0 Å². The predicted octanol–water partition coefficient (Wildman–Crippen LogP) is 6.42. The van der Waals surface area contributed by atoms with Crippen LogP contribution in [0.3, 0.4) is 0 Å². The van der Waals surface area contributed by atoms with Crippen molar-refractivity contribution in [1.29, 1.82) is 0 Å². The molecule has 0 spiro atoms. The SMILES string of the molecule is C=CCOc1c(F)c(F)c(N=Cc2cc(OC)cc(C(C)c3ccccc3)c2O)c(F)c1F. The van der Waals surface area contributed by atoms with E-state index in [1.807, 2.05) is 37.3 Å². The van der Waals surface area contributed by atoms with Gasteiger partial charge in [-0.2, -0.15) is 8.78 Å². The second-order valence-corrected chi connectivity index (χ2v) is 7.08. The first-order valence-corrected chi connectivity index (χ1v) is 9.89. The van der Waals surface area contributed by atoms with Gasteiger partial charge >= 0.3 is 0 Å². The number of aliphatic imine (C=N–C) groups is 1. The van der Waals surface area contributed by atoms with Crippen LogP contribution in [0, 0.1) is 23.3 Å². The summed E-state index contributed by atoms with van der Waals surface area (Å²) in [7, 11) is 1.41. The molecule has 1 atom stereocenters. The smallest absolute Gasteiger partial charge is 0.206 e. The zero-order chi connectivity index (χ0) is 24.1. The van der Waals surface area contributed by atoms with Crippen LogP contribution < -0.4 is 9.47 Å². The van der Waals surface area contributed by atoms with E-state index >= 15 is 0 Å². The Morgan fingerprint density at radius 3 is 2.24 bits per heavy atom. The van der Waals surface area contributed by atoms with Crippen molar-refractivity contribution in [3.05, 3.63) is 95.1 Å². The summed E-state index contributed by atoms with van der Waals surface area (Å²) in [6.07, 6.45) is 2.07. The summed E-state index contributed by atoms with van der Waals surface area (Å²) in [5.41, 5.74) is 0.211. The third-order valence-corrected chi connectivity index (χ3v) is 5.02. The van der Waals surface area contributed by atoms with E-state index in [0.717, 1.165) is 11.8 Å². The minimum Gasteiger partial charge on any atom is -0.507 e.